The van der Waals surface area contributed by atoms with Crippen LogP contribution in [0.15, 0.2) is 6.20 Å². The van der Waals surface area contributed by atoms with Gasteiger partial charge in [0, 0.05) is 30.4 Å². The smallest absolute Gasteiger partial charge is 0.0537 e. The third-order valence-electron chi connectivity index (χ3n) is 3.50. The summed E-state index contributed by atoms with van der Waals surface area (Å²) in [6.45, 7) is 5.38. The Morgan fingerprint density at radius 2 is 2.29 bits per heavy atom. The van der Waals surface area contributed by atoms with E-state index in [1.165, 1.54) is 30.5 Å². The number of aryl methyl sites for hydroxylation is 1. The van der Waals surface area contributed by atoms with E-state index >= 15 is 0 Å². The molecule has 1 aliphatic carbocycles. The summed E-state index contributed by atoms with van der Waals surface area (Å²) in [4.78, 5) is 0. The van der Waals surface area contributed by atoms with Crippen LogP contribution in [0.2, 0.25) is 0 Å². The number of nitrogens with zero attached hydrogens (tertiary/aromatic N) is 2. The van der Waals surface area contributed by atoms with E-state index in [1.807, 2.05) is 17.9 Å². The van der Waals surface area contributed by atoms with Crippen molar-refractivity contribution in [1.29, 1.82) is 0 Å². The lowest BCUT2D eigenvalue weighted by Gasteiger charge is -2.39. The Kier molecular flexibility index (Phi) is 2.35. The Labute approximate surface area is 85.5 Å². The minimum atomic E-state index is 0.391. The molecule has 0 atom stereocenters. The zero-order valence-electron chi connectivity index (χ0n) is 9.30. The first kappa shape index (κ1) is 9.71. The predicted octanol–water partition coefficient (Wildman–Crippen LogP) is 1.76. The van der Waals surface area contributed by atoms with Crippen LogP contribution in [-0.2, 0) is 13.6 Å². The van der Waals surface area contributed by atoms with Crippen molar-refractivity contribution in [3.63, 3.8) is 0 Å². The fraction of sp³-hybridized carbons (Fsp3) is 0.727. The maximum Gasteiger partial charge on any atom is 0.0537 e. The average Bonchev–Trinajstić information content (AvgIpc) is 2.42. The van der Waals surface area contributed by atoms with Gasteiger partial charge in [-0.2, -0.15) is 5.10 Å². The Balaban J connectivity index is 1.94. The summed E-state index contributed by atoms with van der Waals surface area (Å²) in [5.74, 6) is 0. The highest BCUT2D eigenvalue weighted by atomic mass is 15.3. The highest BCUT2D eigenvalue weighted by molar-refractivity contribution is 5.16. The van der Waals surface area contributed by atoms with E-state index in [1.54, 1.807) is 0 Å². The molecule has 2 rings (SSSR count). The van der Waals surface area contributed by atoms with Gasteiger partial charge in [-0.3, -0.25) is 4.68 Å². The first-order valence-corrected chi connectivity index (χ1v) is 5.33. The van der Waals surface area contributed by atoms with Crippen molar-refractivity contribution in [2.45, 2.75) is 45.2 Å². The van der Waals surface area contributed by atoms with Crippen LogP contribution < -0.4 is 5.32 Å². The Bertz CT molecular complexity index is 323. The number of hydrogen-bond acceptors (Lipinski definition) is 2. The molecule has 0 bridgehead atoms. The SMILES string of the molecule is Cc1c(CNC2(C)CCC2)cnn1C. The van der Waals surface area contributed by atoms with Crippen molar-refractivity contribution < 1.29 is 0 Å². The van der Waals surface area contributed by atoms with Gasteiger partial charge < -0.3 is 5.32 Å². The summed E-state index contributed by atoms with van der Waals surface area (Å²) in [5.41, 5.74) is 2.98. The molecule has 1 heterocycles. The lowest BCUT2D eigenvalue weighted by Crippen LogP contribution is -2.47. The van der Waals surface area contributed by atoms with E-state index in [9.17, 15) is 0 Å². The van der Waals surface area contributed by atoms with Crippen LogP contribution in [0.3, 0.4) is 0 Å². The molecule has 1 fully saturated rings. The molecule has 1 saturated carbocycles. The van der Waals surface area contributed by atoms with Crippen LogP contribution in [0.5, 0.6) is 0 Å². The van der Waals surface area contributed by atoms with Gasteiger partial charge in [0.15, 0.2) is 0 Å². The second kappa shape index (κ2) is 3.39. The number of aromatic nitrogens is 2. The van der Waals surface area contributed by atoms with Crippen molar-refractivity contribution in [3.05, 3.63) is 17.5 Å². The lowest BCUT2D eigenvalue weighted by molar-refractivity contribution is 0.206. The zero-order valence-corrected chi connectivity index (χ0v) is 9.30. The first-order chi connectivity index (χ1) is 6.61. The third kappa shape index (κ3) is 1.69. The Morgan fingerprint density at radius 3 is 2.71 bits per heavy atom. The Hall–Kier alpha value is -0.830. The molecule has 0 spiro atoms. The fourth-order valence-electron chi connectivity index (χ4n) is 1.91. The number of nitrogens with one attached hydrogen (secondary N) is 1. The predicted molar refractivity (Wildman–Crippen MR) is 57.0 cm³/mol. The maximum atomic E-state index is 4.24. The molecule has 3 nitrogen and oxygen atoms in total. The van der Waals surface area contributed by atoms with Gasteiger partial charge in [0.1, 0.15) is 0 Å². The molecule has 0 aliphatic heterocycles. The van der Waals surface area contributed by atoms with Crippen LogP contribution in [0.25, 0.3) is 0 Å². The Morgan fingerprint density at radius 1 is 1.57 bits per heavy atom. The highest BCUT2D eigenvalue weighted by Gasteiger charge is 2.30. The van der Waals surface area contributed by atoms with Crippen LogP contribution in [0.4, 0.5) is 0 Å². The van der Waals surface area contributed by atoms with E-state index < -0.39 is 0 Å². The molecule has 1 N–H and O–H groups in total. The molecule has 0 saturated heterocycles. The standard InChI is InChI=1S/C11H19N3/c1-9-10(8-13-14(9)3)7-12-11(2)5-4-6-11/h8,12H,4-7H2,1-3H3. The summed E-state index contributed by atoms with van der Waals surface area (Å²) < 4.78 is 1.93. The fourth-order valence-corrected chi connectivity index (χ4v) is 1.91. The minimum absolute atomic E-state index is 0.391. The summed E-state index contributed by atoms with van der Waals surface area (Å²) in [5, 5.41) is 7.85. The van der Waals surface area contributed by atoms with Crippen molar-refractivity contribution in [2.24, 2.45) is 7.05 Å². The van der Waals surface area contributed by atoms with Gasteiger partial charge in [-0.25, -0.2) is 0 Å². The molecule has 1 aromatic heterocycles. The molecule has 14 heavy (non-hydrogen) atoms. The van der Waals surface area contributed by atoms with Crippen molar-refractivity contribution in [2.75, 3.05) is 0 Å². The van der Waals surface area contributed by atoms with E-state index in [-0.39, 0.29) is 0 Å². The topological polar surface area (TPSA) is 29.9 Å². The molecule has 0 amide bonds. The highest BCUT2D eigenvalue weighted by Crippen LogP contribution is 2.31. The molecule has 0 unspecified atom stereocenters. The summed E-state index contributed by atoms with van der Waals surface area (Å²) in [6, 6.07) is 0. The molecule has 1 aliphatic rings. The maximum absolute atomic E-state index is 4.24. The van der Waals surface area contributed by atoms with Gasteiger partial charge in [0.05, 0.1) is 6.20 Å². The largest absolute Gasteiger partial charge is 0.307 e. The molecule has 78 valence electrons. The molecule has 3 heteroatoms. The van der Waals surface area contributed by atoms with Gasteiger partial charge in [-0.1, -0.05) is 0 Å². The summed E-state index contributed by atoms with van der Waals surface area (Å²) in [7, 11) is 1.99. The normalized spacial score (nSPS) is 19.4. The molecular formula is C11H19N3. The van der Waals surface area contributed by atoms with E-state index in [2.05, 4.69) is 24.3 Å². The van der Waals surface area contributed by atoms with Gasteiger partial charge in [0.25, 0.3) is 0 Å². The third-order valence-corrected chi connectivity index (χ3v) is 3.50. The minimum Gasteiger partial charge on any atom is -0.307 e. The van der Waals surface area contributed by atoms with E-state index in [4.69, 9.17) is 0 Å². The molecular weight excluding hydrogens is 174 g/mol. The van der Waals surface area contributed by atoms with Crippen LogP contribution in [0.1, 0.15) is 37.4 Å². The van der Waals surface area contributed by atoms with Gasteiger partial charge in [0.2, 0.25) is 0 Å². The quantitative estimate of drug-likeness (QED) is 0.792. The van der Waals surface area contributed by atoms with Crippen LogP contribution in [0, 0.1) is 6.92 Å². The van der Waals surface area contributed by atoms with Crippen LogP contribution >= 0.6 is 0 Å². The average molecular weight is 193 g/mol. The van der Waals surface area contributed by atoms with Gasteiger partial charge in [-0.05, 0) is 33.1 Å². The molecule has 0 radical (unpaired) electrons. The zero-order chi connectivity index (χ0) is 10.2. The van der Waals surface area contributed by atoms with Crippen LogP contribution in [-0.4, -0.2) is 15.3 Å². The van der Waals surface area contributed by atoms with E-state index in [0.29, 0.717) is 5.54 Å². The lowest BCUT2D eigenvalue weighted by atomic mass is 9.78. The van der Waals surface area contributed by atoms with Gasteiger partial charge >= 0.3 is 0 Å². The van der Waals surface area contributed by atoms with E-state index in [0.717, 1.165) is 6.54 Å². The molecule has 0 aromatic carbocycles. The summed E-state index contributed by atoms with van der Waals surface area (Å²) >= 11 is 0. The second-order valence-corrected chi connectivity index (χ2v) is 4.65. The van der Waals surface area contributed by atoms with Crippen molar-refractivity contribution in [3.8, 4) is 0 Å². The van der Waals surface area contributed by atoms with Gasteiger partial charge in [-0.15, -0.1) is 0 Å². The number of hydrogen-bond donors (Lipinski definition) is 1. The summed E-state index contributed by atoms with van der Waals surface area (Å²) in [6.07, 6.45) is 5.96. The molecule has 1 aromatic rings. The van der Waals surface area contributed by atoms with Crippen molar-refractivity contribution in [1.82, 2.24) is 15.1 Å². The van der Waals surface area contributed by atoms with Crippen molar-refractivity contribution >= 4 is 0 Å². The monoisotopic (exact) mass is 193 g/mol. The first-order valence-electron chi connectivity index (χ1n) is 5.33. The second-order valence-electron chi connectivity index (χ2n) is 4.65. The number of rotatable bonds is 3.